The summed E-state index contributed by atoms with van der Waals surface area (Å²) in [5, 5.41) is 13.7. The highest BCUT2D eigenvalue weighted by molar-refractivity contribution is 6.32. The van der Waals surface area contributed by atoms with Crippen LogP contribution in [0, 0.1) is 19.8 Å². The maximum atomic E-state index is 9.89. The van der Waals surface area contributed by atoms with Gasteiger partial charge in [0.2, 0.25) is 0 Å². The van der Waals surface area contributed by atoms with Gasteiger partial charge >= 0.3 is 0 Å². The molecule has 0 spiro atoms. The van der Waals surface area contributed by atoms with E-state index in [1.165, 1.54) is 12.0 Å². The van der Waals surface area contributed by atoms with Gasteiger partial charge in [-0.3, -0.25) is 0 Å². The van der Waals surface area contributed by atoms with Crippen molar-refractivity contribution < 1.29 is 5.11 Å². The molecule has 0 radical (unpaired) electrons. The lowest BCUT2D eigenvalue weighted by molar-refractivity contribution is 0.468. The fourth-order valence-electron chi connectivity index (χ4n) is 2.35. The summed E-state index contributed by atoms with van der Waals surface area (Å²) in [7, 11) is 0. The van der Waals surface area contributed by atoms with Gasteiger partial charge in [0, 0.05) is 0 Å². The number of hydrogen-bond acceptors (Lipinski definition) is 2. The second-order valence-electron chi connectivity index (χ2n) is 4.70. The highest BCUT2D eigenvalue weighted by Crippen LogP contribution is 2.34. The molecule has 1 aromatic rings. The maximum Gasteiger partial charge on any atom is 0.137 e. The van der Waals surface area contributed by atoms with Crippen LogP contribution in [0.4, 0.5) is 0 Å². The number of aryl methyl sites for hydroxylation is 1. The normalized spacial score (nSPS) is 20.3. The van der Waals surface area contributed by atoms with Gasteiger partial charge < -0.3 is 10.4 Å². The van der Waals surface area contributed by atoms with Crippen molar-refractivity contribution in [2.75, 3.05) is 13.1 Å². The van der Waals surface area contributed by atoms with Gasteiger partial charge in [-0.05, 0) is 62.4 Å². The minimum atomic E-state index is 0.252. The van der Waals surface area contributed by atoms with Crippen molar-refractivity contribution >= 4 is 11.6 Å². The Kier molecular flexibility index (Phi) is 3.41. The molecule has 16 heavy (non-hydrogen) atoms. The molecule has 1 aromatic carbocycles. The van der Waals surface area contributed by atoms with E-state index in [0.717, 1.165) is 30.6 Å². The number of hydrogen-bond donors (Lipinski definition) is 2. The van der Waals surface area contributed by atoms with Crippen molar-refractivity contribution in [3.8, 4) is 5.75 Å². The van der Waals surface area contributed by atoms with Gasteiger partial charge in [0.25, 0.3) is 0 Å². The monoisotopic (exact) mass is 239 g/mol. The fourth-order valence-corrected chi connectivity index (χ4v) is 2.54. The number of benzene rings is 1. The second-order valence-corrected chi connectivity index (χ2v) is 5.08. The van der Waals surface area contributed by atoms with Gasteiger partial charge in [-0.1, -0.05) is 17.7 Å². The largest absolute Gasteiger partial charge is 0.506 e. The van der Waals surface area contributed by atoms with Crippen molar-refractivity contribution in [3.63, 3.8) is 0 Å². The van der Waals surface area contributed by atoms with E-state index in [9.17, 15) is 5.11 Å². The lowest BCUT2D eigenvalue weighted by Crippen LogP contribution is -2.11. The number of halogens is 1. The number of rotatable bonds is 2. The minimum absolute atomic E-state index is 0.252. The predicted molar refractivity (Wildman–Crippen MR) is 67.3 cm³/mol. The molecule has 2 rings (SSSR count). The Labute approximate surface area is 102 Å². The van der Waals surface area contributed by atoms with Gasteiger partial charge in [-0.2, -0.15) is 0 Å². The molecule has 0 aromatic heterocycles. The van der Waals surface area contributed by atoms with Crippen molar-refractivity contribution in [2.45, 2.75) is 26.7 Å². The molecule has 1 unspecified atom stereocenters. The smallest absolute Gasteiger partial charge is 0.137 e. The van der Waals surface area contributed by atoms with Crippen LogP contribution in [0.2, 0.25) is 5.02 Å². The van der Waals surface area contributed by atoms with Gasteiger partial charge in [-0.15, -0.1) is 0 Å². The first kappa shape index (κ1) is 11.7. The molecule has 2 N–H and O–H groups in total. The molecule has 1 fully saturated rings. The van der Waals surface area contributed by atoms with Crippen molar-refractivity contribution in [1.82, 2.24) is 5.32 Å². The van der Waals surface area contributed by atoms with E-state index in [1.807, 2.05) is 13.8 Å². The van der Waals surface area contributed by atoms with Crippen LogP contribution < -0.4 is 5.32 Å². The van der Waals surface area contributed by atoms with Crippen LogP contribution in [0.5, 0.6) is 5.75 Å². The van der Waals surface area contributed by atoms with Crippen LogP contribution in [-0.4, -0.2) is 18.2 Å². The Balaban J connectivity index is 2.26. The van der Waals surface area contributed by atoms with Crippen LogP contribution in [-0.2, 0) is 6.42 Å². The van der Waals surface area contributed by atoms with Gasteiger partial charge in [0.15, 0.2) is 0 Å². The summed E-state index contributed by atoms with van der Waals surface area (Å²) in [4.78, 5) is 0. The molecular formula is C13H18ClNO. The Morgan fingerprint density at radius 3 is 2.88 bits per heavy atom. The standard InChI is InChI=1S/C13H18ClNO/c1-8-5-11(6-10-3-4-15-7-10)9(2)13(16)12(8)14/h5,10,15-16H,3-4,6-7H2,1-2H3. The van der Waals surface area contributed by atoms with Crippen molar-refractivity contribution in [1.29, 1.82) is 0 Å². The zero-order valence-corrected chi connectivity index (χ0v) is 10.6. The van der Waals surface area contributed by atoms with E-state index >= 15 is 0 Å². The molecule has 88 valence electrons. The third-order valence-corrected chi connectivity index (χ3v) is 3.93. The molecule has 1 aliphatic rings. The highest BCUT2D eigenvalue weighted by atomic mass is 35.5. The lowest BCUT2D eigenvalue weighted by atomic mass is 9.93. The molecule has 1 saturated heterocycles. The van der Waals surface area contributed by atoms with Gasteiger partial charge in [0.05, 0.1) is 5.02 Å². The summed E-state index contributed by atoms with van der Waals surface area (Å²) in [6, 6.07) is 2.11. The van der Waals surface area contributed by atoms with E-state index < -0.39 is 0 Å². The van der Waals surface area contributed by atoms with E-state index in [1.54, 1.807) is 0 Å². The number of phenols is 1. The summed E-state index contributed by atoms with van der Waals surface area (Å²) in [6.45, 7) is 6.08. The van der Waals surface area contributed by atoms with Crippen molar-refractivity contribution in [2.24, 2.45) is 5.92 Å². The van der Waals surface area contributed by atoms with E-state index in [0.29, 0.717) is 10.9 Å². The molecule has 0 saturated carbocycles. The second kappa shape index (κ2) is 4.64. The first-order valence-corrected chi connectivity index (χ1v) is 6.15. The SMILES string of the molecule is Cc1cc(CC2CCNC2)c(C)c(O)c1Cl. The Hall–Kier alpha value is -0.730. The third-order valence-electron chi connectivity index (χ3n) is 3.45. The first-order valence-electron chi connectivity index (χ1n) is 5.78. The molecule has 0 aliphatic carbocycles. The molecule has 3 heteroatoms. The molecule has 2 nitrogen and oxygen atoms in total. The average Bonchev–Trinajstić information content (AvgIpc) is 2.76. The number of nitrogens with one attached hydrogen (secondary N) is 1. The van der Waals surface area contributed by atoms with Crippen LogP contribution >= 0.6 is 11.6 Å². The lowest BCUT2D eigenvalue weighted by Gasteiger charge is -2.14. The van der Waals surface area contributed by atoms with Crippen LogP contribution in [0.3, 0.4) is 0 Å². The molecule has 1 atom stereocenters. The van der Waals surface area contributed by atoms with Crippen LogP contribution in [0.25, 0.3) is 0 Å². The topological polar surface area (TPSA) is 32.3 Å². The van der Waals surface area contributed by atoms with E-state index in [4.69, 9.17) is 11.6 Å². The summed E-state index contributed by atoms with van der Waals surface area (Å²) in [6.07, 6.45) is 2.26. The summed E-state index contributed by atoms with van der Waals surface area (Å²) < 4.78 is 0. The Morgan fingerprint density at radius 2 is 2.25 bits per heavy atom. The van der Waals surface area contributed by atoms with Crippen LogP contribution in [0.15, 0.2) is 6.07 Å². The highest BCUT2D eigenvalue weighted by Gasteiger charge is 2.18. The van der Waals surface area contributed by atoms with Crippen molar-refractivity contribution in [3.05, 3.63) is 27.8 Å². The maximum absolute atomic E-state index is 9.89. The summed E-state index contributed by atoms with van der Waals surface area (Å²) >= 11 is 6.01. The minimum Gasteiger partial charge on any atom is -0.506 e. The van der Waals surface area contributed by atoms with Crippen LogP contribution in [0.1, 0.15) is 23.1 Å². The Bertz CT molecular complexity index is 397. The quantitative estimate of drug-likeness (QED) is 0.832. The summed E-state index contributed by atoms with van der Waals surface area (Å²) in [5.74, 6) is 0.946. The van der Waals surface area contributed by atoms with Gasteiger partial charge in [0.1, 0.15) is 5.75 Å². The average molecular weight is 240 g/mol. The molecule has 1 heterocycles. The van der Waals surface area contributed by atoms with Gasteiger partial charge in [-0.25, -0.2) is 0 Å². The van der Waals surface area contributed by atoms with E-state index in [2.05, 4.69) is 11.4 Å². The van der Waals surface area contributed by atoms with E-state index in [-0.39, 0.29) is 5.75 Å². The first-order chi connectivity index (χ1) is 7.59. The zero-order valence-electron chi connectivity index (χ0n) is 9.81. The molecular weight excluding hydrogens is 222 g/mol. The predicted octanol–water partition coefficient (Wildman–Crippen LogP) is 2.81. The molecule has 1 aliphatic heterocycles. The number of aromatic hydroxyl groups is 1. The fraction of sp³-hybridized carbons (Fsp3) is 0.538. The zero-order chi connectivity index (χ0) is 11.7. The molecule has 0 amide bonds. The molecule has 0 bridgehead atoms. The summed E-state index contributed by atoms with van der Waals surface area (Å²) in [5.41, 5.74) is 3.13. The Morgan fingerprint density at radius 1 is 1.50 bits per heavy atom. The number of phenolic OH excluding ortho intramolecular Hbond substituents is 1. The third kappa shape index (κ3) is 2.18.